The van der Waals surface area contributed by atoms with Crippen molar-refractivity contribution in [1.29, 1.82) is 0 Å². The quantitative estimate of drug-likeness (QED) is 0.469. The molecule has 1 aromatic rings. The Morgan fingerprint density at radius 1 is 1.75 bits per heavy atom. The van der Waals surface area contributed by atoms with E-state index in [1.165, 1.54) is 23.6 Å². The average molecular weight is 188 g/mol. The van der Waals surface area contributed by atoms with E-state index < -0.39 is 0 Å². The minimum Gasteiger partial charge on any atom is -0.468 e. The molecular weight excluding hydrogens is 180 g/mol. The Bertz CT molecular complexity index is 274. The molecule has 0 radical (unpaired) electrons. The van der Waals surface area contributed by atoms with Crippen molar-refractivity contribution in [3.8, 4) is 0 Å². The Labute approximate surface area is 73.3 Å². The third-order valence-corrected chi connectivity index (χ3v) is 2.11. The van der Waals surface area contributed by atoms with Gasteiger partial charge in [-0.25, -0.2) is 4.68 Å². The van der Waals surface area contributed by atoms with E-state index in [1.54, 1.807) is 7.05 Å². The van der Waals surface area contributed by atoms with Gasteiger partial charge in [0.05, 0.1) is 12.9 Å². The zero-order valence-corrected chi connectivity index (χ0v) is 7.54. The van der Waals surface area contributed by atoms with Gasteiger partial charge in [0.1, 0.15) is 0 Å². The minimum absolute atomic E-state index is 0.227. The number of carbonyl (C=O) groups excluding carboxylic acids is 1. The Hall–Kier alpha value is -1.11. The Balaban J connectivity index is 2.43. The molecule has 0 bridgehead atoms. The highest BCUT2D eigenvalue weighted by Crippen LogP contribution is 2.11. The summed E-state index contributed by atoms with van der Waals surface area (Å²) in [5.74, 6) is -0.0620. The van der Waals surface area contributed by atoms with Crippen LogP contribution in [0.25, 0.3) is 0 Å². The molecule has 0 fully saturated rings. The van der Waals surface area contributed by atoms with Gasteiger partial charge in [0.2, 0.25) is 5.16 Å². The van der Waals surface area contributed by atoms with Gasteiger partial charge in [-0.15, -0.1) is 5.10 Å². The number of rotatable bonds is 3. The third-order valence-electron chi connectivity index (χ3n) is 1.13. The number of ether oxygens (including phenoxy) is 1. The first-order chi connectivity index (χ1) is 5.74. The van der Waals surface area contributed by atoms with Crippen LogP contribution in [0, 0.1) is 0 Å². The summed E-state index contributed by atoms with van der Waals surface area (Å²) in [6.45, 7) is 0. The second-order valence-electron chi connectivity index (χ2n) is 1.95. The van der Waals surface area contributed by atoms with E-state index >= 15 is 0 Å². The largest absolute Gasteiger partial charge is 0.468 e. The maximum absolute atomic E-state index is 10.7. The van der Waals surface area contributed by atoms with Crippen LogP contribution in [-0.2, 0) is 16.6 Å². The van der Waals surface area contributed by atoms with Gasteiger partial charge in [0.25, 0.3) is 0 Å². The van der Waals surface area contributed by atoms with Crippen molar-refractivity contribution in [1.82, 2.24) is 20.2 Å². The number of aryl methyl sites for hydroxylation is 1. The van der Waals surface area contributed by atoms with Gasteiger partial charge in [-0.3, -0.25) is 4.79 Å². The van der Waals surface area contributed by atoms with Crippen LogP contribution in [0.3, 0.4) is 0 Å². The molecule has 0 N–H and O–H groups in total. The van der Waals surface area contributed by atoms with Gasteiger partial charge in [0, 0.05) is 7.05 Å². The van der Waals surface area contributed by atoms with Crippen LogP contribution in [-0.4, -0.2) is 39.0 Å². The van der Waals surface area contributed by atoms with Crippen LogP contribution in [0.15, 0.2) is 5.16 Å². The molecule has 12 heavy (non-hydrogen) atoms. The molecular formula is C5H8N4O2S. The summed E-state index contributed by atoms with van der Waals surface area (Å²) in [5.41, 5.74) is 0. The van der Waals surface area contributed by atoms with E-state index in [0.29, 0.717) is 5.16 Å². The predicted octanol–water partition coefficient (Wildman–Crippen LogP) is -0.525. The van der Waals surface area contributed by atoms with Crippen LogP contribution >= 0.6 is 11.8 Å². The number of tetrazole rings is 1. The third kappa shape index (κ3) is 2.19. The molecule has 1 heterocycles. The summed E-state index contributed by atoms with van der Waals surface area (Å²) in [6.07, 6.45) is 0. The van der Waals surface area contributed by atoms with Crippen LogP contribution < -0.4 is 0 Å². The molecule has 0 saturated carbocycles. The van der Waals surface area contributed by atoms with E-state index in [2.05, 4.69) is 20.3 Å². The fourth-order valence-corrected chi connectivity index (χ4v) is 1.21. The topological polar surface area (TPSA) is 69.9 Å². The number of nitrogens with zero attached hydrogens (tertiary/aromatic N) is 4. The molecule has 0 atom stereocenters. The summed E-state index contributed by atoms with van der Waals surface area (Å²) < 4.78 is 5.94. The molecule has 7 heteroatoms. The highest BCUT2D eigenvalue weighted by Gasteiger charge is 2.06. The van der Waals surface area contributed by atoms with E-state index in [9.17, 15) is 4.79 Å². The molecule has 0 aliphatic rings. The lowest BCUT2D eigenvalue weighted by Crippen LogP contribution is -2.04. The van der Waals surface area contributed by atoms with Crippen molar-refractivity contribution in [2.24, 2.45) is 7.05 Å². The molecule has 1 aromatic heterocycles. The number of hydrogen-bond acceptors (Lipinski definition) is 6. The SMILES string of the molecule is COC(=O)CSc1nnnn1C. The van der Waals surface area contributed by atoms with Crippen molar-refractivity contribution in [2.75, 3.05) is 12.9 Å². The lowest BCUT2D eigenvalue weighted by molar-refractivity contribution is -0.137. The Morgan fingerprint density at radius 2 is 2.50 bits per heavy atom. The fraction of sp³-hybridized carbons (Fsp3) is 0.600. The monoisotopic (exact) mass is 188 g/mol. The number of methoxy groups -OCH3 is 1. The highest BCUT2D eigenvalue weighted by atomic mass is 32.2. The average Bonchev–Trinajstić information content (AvgIpc) is 2.47. The summed E-state index contributed by atoms with van der Waals surface area (Å²) in [5, 5.41) is 11.3. The van der Waals surface area contributed by atoms with Crippen molar-refractivity contribution < 1.29 is 9.53 Å². The van der Waals surface area contributed by atoms with E-state index in [0.717, 1.165) is 0 Å². The number of carbonyl (C=O) groups is 1. The summed E-state index contributed by atoms with van der Waals surface area (Å²) in [6, 6.07) is 0. The van der Waals surface area contributed by atoms with Crippen molar-refractivity contribution in [3.05, 3.63) is 0 Å². The van der Waals surface area contributed by atoms with Gasteiger partial charge in [-0.05, 0) is 10.4 Å². The van der Waals surface area contributed by atoms with E-state index in [1.807, 2.05) is 0 Å². The summed E-state index contributed by atoms with van der Waals surface area (Å²) in [4.78, 5) is 10.7. The lowest BCUT2D eigenvalue weighted by atomic mass is 10.8. The predicted molar refractivity (Wildman–Crippen MR) is 41.5 cm³/mol. The first kappa shape index (κ1) is 8.98. The van der Waals surface area contributed by atoms with Crippen LogP contribution in [0.2, 0.25) is 0 Å². The first-order valence-corrected chi connectivity index (χ1v) is 4.14. The molecule has 0 aliphatic carbocycles. The molecule has 0 spiro atoms. The first-order valence-electron chi connectivity index (χ1n) is 3.16. The minimum atomic E-state index is -0.289. The zero-order valence-electron chi connectivity index (χ0n) is 6.72. The van der Waals surface area contributed by atoms with Crippen LogP contribution in [0.1, 0.15) is 0 Å². The maximum atomic E-state index is 10.7. The molecule has 0 amide bonds. The lowest BCUT2D eigenvalue weighted by Gasteiger charge is -1.96. The smallest absolute Gasteiger partial charge is 0.316 e. The van der Waals surface area contributed by atoms with Gasteiger partial charge < -0.3 is 4.74 Å². The molecule has 66 valence electrons. The zero-order chi connectivity index (χ0) is 8.97. The van der Waals surface area contributed by atoms with E-state index in [-0.39, 0.29) is 11.7 Å². The Morgan fingerprint density at radius 3 is 3.00 bits per heavy atom. The molecule has 0 aliphatic heterocycles. The van der Waals surface area contributed by atoms with Gasteiger partial charge in [0.15, 0.2) is 0 Å². The summed E-state index contributed by atoms with van der Waals surface area (Å²) in [7, 11) is 3.05. The molecule has 0 aromatic carbocycles. The van der Waals surface area contributed by atoms with E-state index in [4.69, 9.17) is 0 Å². The van der Waals surface area contributed by atoms with Gasteiger partial charge in [-0.2, -0.15) is 0 Å². The standard InChI is InChI=1S/C5H8N4O2S/c1-9-5(6-7-8-9)12-3-4(10)11-2/h3H2,1-2H3. The normalized spacial score (nSPS) is 9.83. The van der Waals surface area contributed by atoms with Crippen LogP contribution in [0.4, 0.5) is 0 Å². The second kappa shape index (κ2) is 4.05. The molecule has 6 nitrogen and oxygen atoms in total. The fourth-order valence-electron chi connectivity index (χ4n) is 0.526. The highest BCUT2D eigenvalue weighted by molar-refractivity contribution is 7.99. The van der Waals surface area contributed by atoms with Gasteiger partial charge in [-0.1, -0.05) is 11.8 Å². The van der Waals surface area contributed by atoms with Crippen molar-refractivity contribution >= 4 is 17.7 Å². The molecule has 1 rings (SSSR count). The van der Waals surface area contributed by atoms with Gasteiger partial charge >= 0.3 is 5.97 Å². The maximum Gasteiger partial charge on any atom is 0.316 e. The number of aromatic nitrogens is 4. The molecule has 0 saturated heterocycles. The van der Waals surface area contributed by atoms with Crippen molar-refractivity contribution in [3.63, 3.8) is 0 Å². The number of esters is 1. The molecule has 0 unspecified atom stereocenters. The van der Waals surface area contributed by atoms with Crippen molar-refractivity contribution in [2.45, 2.75) is 5.16 Å². The number of thioether (sulfide) groups is 1. The second-order valence-corrected chi connectivity index (χ2v) is 2.89. The van der Waals surface area contributed by atoms with Crippen LogP contribution in [0.5, 0.6) is 0 Å². The summed E-state index contributed by atoms with van der Waals surface area (Å²) >= 11 is 1.24. The Kier molecular flexibility index (Phi) is 3.03. The number of hydrogen-bond donors (Lipinski definition) is 0.